The smallest absolute Gasteiger partial charge is 0.253 e. The summed E-state index contributed by atoms with van der Waals surface area (Å²) in [5.74, 6) is 1.38. The van der Waals surface area contributed by atoms with Crippen LogP contribution in [0, 0.1) is 11.3 Å². The Hall–Kier alpha value is -2.61. The summed E-state index contributed by atoms with van der Waals surface area (Å²) in [6, 6.07) is 9.05. The number of aromatic nitrogens is 2. The molecule has 1 aliphatic heterocycles. The Kier molecular flexibility index (Phi) is 5.49. The first-order valence-corrected chi connectivity index (χ1v) is 9.03. The Morgan fingerprint density at radius 3 is 3.12 bits per heavy atom. The van der Waals surface area contributed by atoms with E-state index in [1.807, 2.05) is 17.3 Å². The molecule has 0 saturated carbocycles. The predicted molar refractivity (Wildman–Crippen MR) is 96.2 cm³/mol. The van der Waals surface area contributed by atoms with Gasteiger partial charge < -0.3 is 9.47 Å². The molecule has 0 radical (unpaired) electrons. The number of amides is 1. The summed E-state index contributed by atoms with van der Waals surface area (Å²) in [5.41, 5.74) is 1.11. The number of carbonyl (C=O) groups is 1. The van der Waals surface area contributed by atoms with E-state index in [4.69, 9.17) is 5.26 Å². The van der Waals surface area contributed by atoms with Gasteiger partial charge in [-0.2, -0.15) is 5.26 Å². The first kappa shape index (κ1) is 17.2. The monoisotopic (exact) mass is 336 g/mol. The summed E-state index contributed by atoms with van der Waals surface area (Å²) in [5, 5.41) is 9.04. The number of unbranched alkanes of at least 4 members (excludes halogenated alkanes) is 1. The van der Waals surface area contributed by atoms with Gasteiger partial charge in [0.05, 0.1) is 11.6 Å². The van der Waals surface area contributed by atoms with Crippen molar-refractivity contribution >= 4 is 5.91 Å². The van der Waals surface area contributed by atoms with Crippen LogP contribution in [-0.2, 0) is 6.54 Å². The molecule has 5 heteroatoms. The maximum absolute atomic E-state index is 12.8. The van der Waals surface area contributed by atoms with Crippen molar-refractivity contribution in [2.45, 2.75) is 45.1 Å². The topological polar surface area (TPSA) is 61.9 Å². The molecule has 5 nitrogen and oxygen atoms in total. The van der Waals surface area contributed by atoms with Crippen molar-refractivity contribution in [1.29, 1.82) is 5.26 Å². The van der Waals surface area contributed by atoms with Gasteiger partial charge in [-0.15, -0.1) is 0 Å². The Labute approximate surface area is 148 Å². The molecular formula is C20H24N4O. The first-order chi connectivity index (χ1) is 12.2. The summed E-state index contributed by atoms with van der Waals surface area (Å²) < 4.78 is 2.23. The lowest BCUT2D eigenvalue weighted by molar-refractivity contribution is 0.0703. The number of nitrogens with zero attached hydrogens (tertiary/aromatic N) is 4. The third kappa shape index (κ3) is 3.90. The van der Waals surface area contributed by atoms with E-state index >= 15 is 0 Å². The van der Waals surface area contributed by atoms with Gasteiger partial charge in [-0.05, 0) is 37.5 Å². The van der Waals surface area contributed by atoms with Crippen molar-refractivity contribution in [3.8, 4) is 6.07 Å². The molecule has 1 aromatic carbocycles. The molecule has 1 aliphatic rings. The third-order valence-electron chi connectivity index (χ3n) is 4.81. The van der Waals surface area contributed by atoms with E-state index in [0.717, 1.165) is 44.6 Å². The number of imidazole rings is 1. The van der Waals surface area contributed by atoms with Crippen LogP contribution in [0.15, 0.2) is 36.7 Å². The second-order valence-electron chi connectivity index (χ2n) is 6.62. The molecule has 25 heavy (non-hydrogen) atoms. The van der Waals surface area contributed by atoms with Gasteiger partial charge in [0.15, 0.2) is 0 Å². The summed E-state index contributed by atoms with van der Waals surface area (Å²) >= 11 is 0. The van der Waals surface area contributed by atoms with E-state index in [1.165, 1.54) is 0 Å². The molecule has 2 heterocycles. The maximum Gasteiger partial charge on any atom is 0.253 e. The SMILES string of the molecule is CCCCn1ccnc1[C@@H]1CCCN(C(=O)c2cccc(C#N)c2)C1. The van der Waals surface area contributed by atoms with Gasteiger partial charge in [-0.3, -0.25) is 4.79 Å². The van der Waals surface area contributed by atoms with Gasteiger partial charge in [0.1, 0.15) is 5.82 Å². The third-order valence-corrected chi connectivity index (χ3v) is 4.81. The van der Waals surface area contributed by atoms with Crippen LogP contribution in [0.1, 0.15) is 60.3 Å². The van der Waals surface area contributed by atoms with E-state index in [2.05, 4.69) is 22.5 Å². The molecule has 1 aromatic heterocycles. The van der Waals surface area contributed by atoms with Crippen molar-refractivity contribution in [3.63, 3.8) is 0 Å². The van der Waals surface area contributed by atoms with Crippen LogP contribution in [0.4, 0.5) is 0 Å². The quantitative estimate of drug-likeness (QED) is 0.838. The molecule has 1 amide bonds. The lowest BCUT2D eigenvalue weighted by atomic mass is 9.96. The van der Waals surface area contributed by atoms with E-state index in [9.17, 15) is 4.79 Å². The molecule has 0 unspecified atom stereocenters. The van der Waals surface area contributed by atoms with Crippen LogP contribution in [0.3, 0.4) is 0 Å². The van der Waals surface area contributed by atoms with Crippen LogP contribution >= 0.6 is 0 Å². The molecule has 2 aromatic rings. The molecule has 130 valence electrons. The number of rotatable bonds is 5. The summed E-state index contributed by atoms with van der Waals surface area (Å²) in [4.78, 5) is 19.3. The zero-order valence-corrected chi connectivity index (χ0v) is 14.7. The minimum absolute atomic E-state index is 0.00784. The number of benzene rings is 1. The minimum atomic E-state index is 0.00784. The first-order valence-electron chi connectivity index (χ1n) is 9.03. The van der Waals surface area contributed by atoms with Gasteiger partial charge in [0.2, 0.25) is 0 Å². The molecule has 1 fully saturated rings. The second-order valence-corrected chi connectivity index (χ2v) is 6.62. The molecule has 0 N–H and O–H groups in total. The molecule has 3 rings (SSSR count). The lowest BCUT2D eigenvalue weighted by Crippen LogP contribution is -2.39. The average molecular weight is 336 g/mol. The van der Waals surface area contributed by atoms with Gasteiger partial charge in [0, 0.05) is 43.5 Å². The van der Waals surface area contributed by atoms with Crippen molar-refractivity contribution in [1.82, 2.24) is 14.5 Å². The van der Waals surface area contributed by atoms with E-state index < -0.39 is 0 Å². The Morgan fingerprint density at radius 2 is 2.32 bits per heavy atom. The Morgan fingerprint density at radius 1 is 1.44 bits per heavy atom. The van der Waals surface area contributed by atoms with Crippen LogP contribution in [0.25, 0.3) is 0 Å². The second kappa shape index (κ2) is 7.98. The van der Waals surface area contributed by atoms with Gasteiger partial charge in [0.25, 0.3) is 5.91 Å². The molecular weight excluding hydrogens is 312 g/mol. The highest BCUT2D eigenvalue weighted by atomic mass is 16.2. The number of aryl methyl sites for hydroxylation is 1. The van der Waals surface area contributed by atoms with E-state index in [-0.39, 0.29) is 11.8 Å². The van der Waals surface area contributed by atoms with E-state index in [1.54, 1.807) is 24.3 Å². The fraction of sp³-hybridized carbons (Fsp3) is 0.450. The Balaban J connectivity index is 1.74. The molecule has 0 spiro atoms. The molecule has 1 atom stereocenters. The van der Waals surface area contributed by atoms with Crippen LogP contribution in [0.5, 0.6) is 0 Å². The minimum Gasteiger partial charge on any atom is -0.338 e. The van der Waals surface area contributed by atoms with Gasteiger partial charge in [-0.1, -0.05) is 19.4 Å². The Bertz CT molecular complexity index is 774. The average Bonchev–Trinajstić information content (AvgIpc) is 3.14. The van der Waals surface area contributed by atoms with E-state index in [0.29, 0.717) is 17.7 Å². The zero-order chi connectivity index (χ0) is 17.6. The fourth-order valence-electron chi connectivity index (χ4n) is 3.47. The number of carbonyl (C=O) groups excluding carboxylic acids is 1. The summed E-state index contributed by atoms with van der Waals surface area (Å²) in [7, 11) is 0. The number of nitriles is 1. The van der Waals surface area contributed by atoms with Crippen molar-refractivity contribution in [2.24, 2.45) is 0 Å². The fourth-order valence-corrected chi connectivity index (χ4v) is 3.47. The van der Waals surface area contributed by atoms with Crippen LogP contribution < -0.4 is 0 Å². The predicted octanol–water partition coefficient (Wildman–Crippen LogP) is 3.57. The lowest BCUT2D eigenvalue weighted by Gasteiger charge is -2.32. The van der Waals surface area contributed by atoms with Crippen molar-refractivity contribution in [2.75, 3.05) is 13.1 Å². The summed E-state index contributed by atoms with van der Waals surface area (Å²) in [6.07, 6.45) is 8.24. The van der Waals surface area contributed by atoms with Crippen LogP contribution in [-0.4, -0.2) is 33.4 Å². The molecule has 0 bridgehead atoms. The zero-order valence-electron chi connectivity index (χ0n) is 14.7. The number of piperidine rings is 1. The van der Waals surface area contributed by atoms with Crippen LogP contribution in [0.2, 0.25) is 0 Å². The standard InChI is InChI=1S/C20H24N4O/c1-2-3-10-23-12-9-22-19(23)18-8-5-11-24(15-18)20(25)17-7-4-6-16(13-17)14-21/h4,6-7,9,12-13,18H,2-3,5,8,10-11,15H2,1H3/t18-/m1/s1. The van der Waals surface area contributed by atoms with Gasteiger partial charge >= 0.3 is 0 Å². The maximum atomic E-state index is 12.8. The summed E-state index contributed by atoms with van der Waals surface area (Å²) in [6.45, 7) is 4.63. The largest absolute Gasteiger partial charge is 0.338 e. The molecule has 0 aliphatic carbocycles. The number of hydrogen-bond acceptors (Lipinski definition) is 3. The highest BCUT2D eigenvalue weighted by Crippen LogP contribution is 2.27. The highest BCUT2D eigenvalue weighted by molar-refractivity contribution is 5.94. The van der Waals surface area contributed by atoms with Crippen molar-refractivity contribution in [3.05, 3.63) is 53.6 Å². The van der Waals surface area contributed by atoms with Crippen molar-refractivity contribution < 1.29 is 4.79 Å². The molecule has 1 saturated heterocycles. The highest BCUT2D eigenvalue weighted by Gasteiger charge is 2.28. The number of likely N-dealkylation sites (tertiary alicyclic amines) is 1. The van der Waals surface area contributed by atoms with Gasteiger partial charge in [-0.25, -0.2) is 4.98 Å². The normalized spacial score (nSPS) is 17.3. The number of hydrogen-bond donors (Lipinski definition) is 0.